The Kier molecular flexibility index (Phi) is 7.17. The third-order valence-electron chi connectivity index (χ3n) is 4.90. The van der Waals surface area contributed by atoms with Crippen molar-refractivity contribution in [2.45, 2.75) is 13.5 Å². The van der Waals surface area contributed by atoms with E-state index < -0.39 is 0 Å². The van der Waals surface area contributed by atoms with E-state index in [9.17, 15) is 9.59 Å². The largest absolute Gasteiger partial charge is 0.379 e. The van der Waals surface area contributed by atoms with Crippen LogP contribution in [-0.2, 0) is 11.3 Å². The summed E-state index contributed by atoms with van der Waals surface area (Å²) < 4.78 is 5.32. The number of morpholine rings is 1. The first-order valence-electron chi connectivity index (χ1n) is 9.64. The number of hydrogen-bond donors (Lipinski definition) is 2. The minimum absolute atomic E-state index is 0.165. The molecule has 0 spiro atoms. The Morgan fingerprint density at radius 1 is 0.964 bits per heavy atom. The van der Waals surface area contributed by atoms with Gasteiger partial charge in [0.1, 0.15) is 0 Å². The number of carbonyl (C=O) groups is 2. The molecule has 6 nitrogen and oxygen atoms in total. The van der Waals surface area contributed by atoms with Gasteiger partial charge >= 0.3 is 0 Å². The van der Waals surface area contributed by atoms with Gasteiger partial charge in [-0.1, -0.05) is 30.3 Å². The monoisotopic (exact) mass is 381 g/mol. The smallest absolute Gasteiger partial charge is 0.251 e. The normalized spacial score (nSPS) is 14.5. The van der Waals surface area contributed by atoms with Crippen LogP contribution < -0.4 is 10.6 Å². The third-order valence-corrected chi connectivity index (χ3v) is 4.90. The Morgan fingerprint density at radius 2 is 1.64 bits per heavy atom. The lowest BCUT2D eigenvalue weighted by molar-refractivity contribution is 0.0383. The van der Waals surface area contributed by atoms with Gasteiger partial charge in [0.15, 0.2) is 0 Å². The first kappa shape index (κ1) is 20.0. The maximum absolute atomic E-state index is 12.5. The van der Waals surface area contributed by atoms with Crippen molar-refractivity contribution >= 4 is 11.8 Å². The highest BCUT2D eigenvalue weighted by molar-refractivity contribution is 5.99. The molecule has 0 radical (unpaired) electrons. The van der Waals surface area contributed by atoms with Crippen LogP contribution in [0.25, 0.3) is 0 Å². The van der Waals surface area contributed by atoms with E-state index in [1.54, 1.807) is 24.3 Å². The molecule has 0 aromatic heterocycles. The van der Waals surface area contributed by atoms with Gasteiger partial charge in [-0.3, -0.25) is 14.5 Å². The Labute approximate surface area is 165 Å². The van der Waals surface area contributed by atoms with Gasteiger partial charge in [-0.15, -0.1) is 0 Å². The van der Waals surface area contributed by atoms with Crippen LogP contribution in [0.15, 0.2) is 48.5 Å². The van der Waals surface area contributed by atoms with Crippen molar-refractivity contribution in [1.29, 1.82) is 0 Å². The molecule has 2 N–H and O–H groups in total. The van der Waals surface area contributed by atoms with Crippen molar-refractivity contribution in [3.05, 3.63) is 70.8 Å². The number of nitrogens with zero attached hydrogens (tertiary/aromatic N) is 1. The van der Waals surface area contributed by atoms with E-state index in [4.69, 9.17) is 4.74 Å². The number of amides is 2. The van der Waals surface area contributed by atoms with Gasteiger partial charge in [0, 0.05) is 43.9 Å². The summed E-state index contributed by atoms with van der Waals surface area (Å²) in [5, 5.41) is 5.84. The van der Waals surface area contributed by atoms with Crippen LogP contribution in [0.3, 0.4) is 0 Å². The molecule has 0 saturated carbocycles. The SMILES string of the molecule is Cc1ccccc1CNC(=O)c1cccc(C(=O)NCCN2CCOCC2)c1. The van der Waals surface area contributed by atoms with Crippen LogP contribution in [0.5, 0.6) is 0 Å². The molecule has 2 aromatic carbocycles. The molecule has 2 amide bonds. The lowest BCUT2D eigenvalue weighted by atomic mass is 10.1. The molecule has 28 heavy (non-hydrogen) atoms. The van der Waals surface area contributed by atoms with Crippen LogP contribution in [0, 0.1) is 6.92 Å². The minimum Gasteiger partial charge on any atom is -0.379 e. The van der Waals surface area contributed by atoms with Gasteiger partial charge in [0.2, 0.25) is 0 Å². The number of nitrogens with one attached hydrogen (secondary N) is 2. The van der Waals surface area contributed by atoms with Gasteiger partial charge in [0.25, 0.3) is 11.8 Å². The average Bonchev–Trinajstić information content (AvgIpc) is 2.74. The highest BCUT2D eigenvalue weighted by atomic mass is 16.5. The highest BCUT2D eigenvalue weighted by Gasteiger charge is 2.13. The second-order valence-electron chi connectivity index (χ2n) is 6.90. The fourth-order valence-electron chi connectivity index (χ4n) is 3.14. The fourth-order valence-corrected chi connectivity index (χ4v) is 3.14. The second kappa shape index (κ2) is 10.0. The lowest BCUT2D eigenvalue weighted by Gasteiger charge is -2.26. The first-order chi connectivity index (χ1) is 13.6. The quantitative estimate of drug-likeness (QED) is 0.770. The molecule has 1 saturated heterocycles. The van der Waals surface area contributed by atoms with Crippen molar-refractivity contribution in [2.24, 2.45) is 0 Å². The lowest BCUT2D eigenvalue weighted by Crippen LogP contribution is -2.41. The summed E-state index contributed by atoms with van der Waals surface area (Å²) in [6, 6.07) is 14.8. The highest BCUT2D eigenvalue weighted by Crippen LogP contribution is 2.09. The van der Waals surface area contributed by atoms with Crippen LogP contribution >= 0.6 is 0 Å². The summed E-state index contributed by atoms with van der Waals surface area (Å²) in [5.74, 6) is -0.354. The Balaban J connectivity index is 1.51. The predicted molar refractivity (Wildman–Crippen MR) is 108 cm³/mol. The number of benzene rings is 2. The molecule has 3 rings (SSSR count). The van der Waals surface area contributed by atoms with E-state index in [0.29, 0.717) is 24.2 Å². The van der Waals surface area contributed by atoms with E-state index in [1.165, 1.54) is 0 Å². The predicted octanol–water partition coefficient (Wildman–Crippen LogP) is 1.99. The number of carbonyl (C=O) groups excluding carboxylic acids is 2. The van der Waals surface area contributed by atoms with E-state index in [2.05, 4.69) is 15.5 Å². The Bertz CT molecular complexity index is 816. The molecule has 1 heterocycles. The van der Waals surface area contributed by atoms with Crippen LogP contribution in [0.2, 0.25) is 0 Å². The van der Waals surface area contributed by atoms with Gasteiger partial charge in [-0.05, 0) is 36.2 Å². The summed E-state index contributed by atoms with van der Waals surface area (Å²) >= 11 is 0. The second-order valence-corrected chi connectivity index (χ2v) is 6.90. The van der Waals surface area contributed by atoms with Crippen LogP contribution in [0.4, 0.5) is 0 Å². The standard InChI is InChI=1S/C22H27N3O3/c1-17-5-2-3-6-20(17)16-24-22(27)19-8-4-7-18(15-19)21(26)23-9-10-25-11-13-28-14-12-25/h2-8,15H,9-14,16H2,1H3,(H,23,26)(H,24,27). The molecule has 148 valence electrons. The van der Waals surface area contributed by atoms with Gasteiger partial charge < -0.3 is 15.4 Å². The molecular formula is C22H27N3O3. The molecule has 1 fully saturated rings. The van der Waals surface area contributed by atoms with Gasteiger partial charge in [-0.2, -0.15) is 0 Å². The van der Waals surface area contributed by atoms with Crippen molar-refractivity contribution in [3.8, 4) is 0 Å². The van der Waals surface area contributed by atoms with E-state index in [0.717, 1.165) is 44.0 Å². The van der Waals surface area contributed by atoms with Gasteiger partial charge in [0.05, 0.1) is 13.2 Å². The van der Waals surface area contributed by atoms with Crippen molar-refractivity contribution < 1.29 is 14.3 Å². The van der Waals surface area contributed by atoms with Crippen molar-refractivity contribution in [1.82, 2.24) is 15.5 Å². The van der Waals surface area contributed by atoms with Crippen LogP contribution in [0.1, 0.15) is 31.8 Å². The van der Waals surface area contributed by atoms with Crippen LogP contribution in [-0.4, -0.2) is 56.1 Å². The molecular weight excluding hydrogens is 354 g/mol. The van der Waals surface area contributed by atoms with Crippen molar-refractivity contribution in [2.75, 3.05) is 39.4 Å². The summed E-state index contributed by atoms with van der Waals surface area (Å²) in [5.41, 5.74) is 3.18. The maximum Gasteiger partial charge on any atom is 0.251 e. The molecule has 0 aliphatic carbocycles. The number of aryl methyl sites for hydroxylation is 1. The molecule has 0 atom stereocenters. The third kappa shape index (κ3) is 5.65. The van der Waals surface area contributed by atoms with E-state index >= 15 is 0 Å². The summed E-state index contributed by atoms with van der Waals surface area (Å²) in [7, 11) is 0. The summed E-state index contributed by atoms with van der Waals surface area (Å²) in [6.45, 7) is 7.12. The molecule has 0 unspecified atom stereocenters. The fraction of sp³-hybridized carbons (Fsp3) is 0.364. The van der Waals surface area contributed by atoms with Gasteiger partial charge in [-0.25, -0.2) is 0 Å². The topological polar surface area (TPSA) is 70.7 Å². The number of rotatable bonds is 7. The summed E-state index contributed by atoms with van der Waals surface area (Å²) in [6.07, 6.45) is 0. The summed E-state index contributed by atoms with van der Waals surface area (Å²) in [4.78, 5) is 27.1. The molecule has 2 aromatic rings. The average molecular weight is 381 g/mol. The van der Waals surface area contributed by atoms with Crippen molar-refractivity contribution in [3.63, 3.8) is 0 Å². The molecule has 6 heteroatoms. The Morgan fingerprint density at radius 3 is 2.36 bits per heavy atom. The molecule has 1 aliphatic rings. The minimum atomic E-state index is -0.189. The zero-order valence-corrected chi connectivity index (χ0v) is 16.2. The molecule has 1 aliphatic heterocycles. The van der Waals surface area contributed by atoms with E-state index in [-0.39, 0.29) is 11.8 Å². The number of ether oxygens (including phenoxy) is 1. The number of hydrogen-bond acceptors (Lipinski definition) is 4. The molecule has 0 bridgehead atoms. The first-order valence-corrected chi connectivity index (χ1v) is 9.64. The van der Waals surface area contributed by atoms with E-state index in [1.807, 2.05) is 31.2 Å². The maximum atomic E-state index is 12.5. The zero-order valence-electron chi connectivity index (χ0n) is 16.2. The Hall–Kier alpha value is -2.70. The zero-order chi connectivity index (χ0) is 19.8.